The van der Waals surface area contributed by atoms with Gasteiger partial charge in [-0.1, -0.05) is 37.3 Å². The number of allylic oxidation sites excluding steroid dienone is 1. The minimum Gasteiger partial charge on any atom is -0.382 e. The Morgan fingerprint density at radius 1 is 1.24 bits per heavy atom. The molecule has 1 aromatic carbocycles. The van der Waals surface area contributed by atoms with Crippen LogP contribution in [0.3, 0.4) is 0 Å². The molecule has 0 amide bonds. The number of rotatable bonds is 3. The zero-order valence-corrected chi connectivity index (χ0v) is 10.9. The first-order valence-corrected chi connectivity index (χ1v) is 6.64. The van der Waals surface area contributed by atoms with Gasteiger partial charge in [0.15, 0.2) is 0 Å². The average molecular weight is 229 g/mol. The van der Waals surface area contributed by atoms with Crippen LogP contribution in [0.5, 0.6) is 0 Å². The normalized spacial score (nSPS) is 28.7. The summed E-state index contributed by atoms with van der Waals surface area (Å²) in [5.74, 6) is 1.46. The summed E-state index contributed by atoms with van der Waals surface area (Å²) in [6.07, 6.45) is 3.84. The molecule has 0 radical (unpaired) electrons. The van der Waals surface area contributed by atoms with Gasteiger partial charge in [0, 0.05) is 11.7 Å². The molecule has 0 bridgehead atoms. The summed E-state index contributed by atoms with van der Waals surface area (Å²) in [4.78, 5) is 0. The molecule has 0 heterocycles. The van der Waals surface area contributed by atoms with Crippen LogP contribution >= 0.6 is 0 Å². The first-order chi connectivity index (χ1) is 8.16. The van der Waals surface area contributed by atoms with Gasteiger partial charge in [0.05, 0.1) is 0 Å². The quantitative estimate of drug-likeness (QED) is 0.754. The minimum atomic E-state index is 0.591. The maximum Gasteiger partial charge on any atom is 0.0342 e. The van der Waals surface area contributed by atoms with Crippen molar-refractivity contribution in [2.45, 2.75) is 39.2 Å². The van der Waals surface area contributed by atoms with Gasteiger partial charge in [0.25, 0.3) is 0 Å². The van der Waals surface area contributed by atoms with Gasteiger partial charge in [0.1, 0.15) is 0 Å². The molecule has 1 aliphatic rings. The number of para-hydroxylation sites is 1. The largest absolute Gasteiger partial charge is 0.382 e. The summed E-state index contributed by atoms with van der Waals surface area (Å²) >= 11 is 0. The molecule has 1 heteroatoms. The zero-order chi connectivity index (χ0) is 12.3. The van der Waals surface area contributed by atoms with Gasteiger partial charge in [0.2, 0.25) is 0 Å². The Balaban J connectivity index is 2.01. The highest BCUT2D eigenvalue weighted by Crippen LogP contribution is 2.34. The number of anilines is 1. The van der Waals surface area contributed by atoms with E-state index in [4.69, 9.17) is 0 Å². The SMILES string of the molecule is C=C(C)[C@H]1CCC(C)C(Nc2ccccc2)C1. The van der Waals surface area contributed by atoms with Crippen LogP contribution in [0, 0.1) is 11.8 Å². The van der Waals surface area contributed by atoms with Gasteiger partial charge in [-0.05, 0) is 50.2 Å². The fraction of sp³-hybridized carbons (Fsp3) is 0.500. The van der Waals surface area contributed by atoms with Crippen LogP contribution in [0.1, 0.15) is 33.1 Å². The van der Waals surface area contributed by atoms with E-state index in [1.807, 2.05) is 0 Å². The molecule has 1 fully saturated rings. The Labute approximate surface area is 105 Å². The lowest BCUT2D eigenvalue weighted by Gasteiger charge is -2.35. The number of hydrogen-bond donors (Lipinski definition) is 1. The van der Waals surface area contributed by atoms with Crippen LogP contribution in [0.25, 0.3) is 0 Å². The Morgan fingerprint density at radius 2 is 1.94 bits per heavy atom. The fourth-order valence-corrected chi connectivity index (χ4v) is 2.72. The molecule has 2 rings (SSSR count). The predicted molar refractivity (Wildman–Crippen MR) is 75.2 cm³/mol. The summed E-state index contributed by atoms with van der Waals surface area (Å²) in [7, 11) is 0. The van der Waals surface area contributed by atoms with E-state index in [0.717, 1.165) is 5.92 Å². The van der Waals surface area contributed by atoms with Crippen molar-refractivity contribution in [2.24, 2.45) is 11.8 Å². The Hall–Kier alpha value is -1.24. The van der Waals surface area contributed by atoms with E-state index in [-0.39, 0.29) is 0 Å². The third-order valence-corrected chi connectivity index (χ3v) is 4.02. The van der Waals surface area contributed by atoms with E-state index < -0.39 is 0 Å². The molecule has 3 atom stereocenters. The molecule has 0 saturated heterocycles. The summed E-state index contributed by atoms with van der Waals surface area (Å²) in [6, 6.07) is 11.1. The van der Waals surface area contributed by atoms with Crippen molar-refractivity contribution in [3.05, 3.63) is 42.5 Å². The molecule has 1 aromatic rings. The minimum absolute atomic E-state index is 0.591. The van der Waals surface area contributed by atoms with Crippen molar-refractivity contribution in [1.82, 2.24) is 0 Å². The third-order valence-electron chi connectivity index (χ3n) is 4.02. The molecule has 92 valence electrons. The standard InChI is InChI=1S/C16H23N/c1-12(2)14-10-9-13(3)16(11-14)17-15-7-5-4-6-8-15/h4-8,13-14,16-17H,1,9-11H2,2-3H3/t13?,14-,16?/m0/s1. The van der Waals surface area contributed by atoms with Gasteiger partial charge < -0.3 is 5.32 Å². The average Bonchev–Trinajstić information content (AvgIpc) is 2.33. The van der Waals surface area contributed by atoms with Crippen LogP contribution in [0.2, 0.25) is 0 Å². The summed E-state index contributed by atoms with van der Waals surface area (Å²) in [5.41, 5.74) is 2.59. The van der Waals surface area contributed by atoms with E-state index in [9.17, 15) is 0 Å². The van der Waals surface area contributed by atoms with Crippen molar-refractivity contribution in [1.29, 1.82) is 0 Å². The highest BCUT2D eigenvalue weighted by molar-refractivity contribution is 5.43. The van der Waals surface area contributed by atoms with E-state index in [1.165, 1.54) is 30.5 Å². The van der Waals surface area contributed by atoms with Crippen LogP contribution < -0.4 is 5.32 Å². The van der Waals surface area contributed by atoms with Crippen molar-refractivity contribution < 1.29 is 0 Å². The van der Waals surface area contributed by atoms with E-state index in [1.54, 1.807) is 0 Å². The van der Waals surface area contributed by atoms with Gasteiger partial charge in [-0.2, -0.15) is 0 Å². The molecule has 0 aliphatic heterocycles. The monoisotopic (exact) mass is 229 g/mol. The lowest BCUT2D eigenvalue weighted by Crippen LogP contribution is -2.34. The fourth-order valence-electron chi connectivity index (χ4n) is 2.72. The molecule has 17 heavy (non-hydrogen) atoms. The van der Waals surface area contributed by atoms with Gasteiger partial charge >= 0.3 is 0 Å². The molecule has 1 aliphatic carbocycles. The topological polar surface area (TPSA) is 12.0 Å². The maximum atomic E-state index is 4.12. The second-order valence-corrected chi connectivity index (χ2v) is 5.45. The Kier molecular flexibility index (Phi) is 3.88. The molecule has 1 nitrogen and oxygen atoms in total. The van der Waals surface area contributed by atoms with Crippen LogP contribution in [0.4, 0.5) is 5.69 Å². The molecule has 0 spiro atoms. The number of benzene rings is 1. The van der Waals surface area contributed by atoms with Crippen molar-refractivity contribution in [2.75, 3.05) is 5.32 Å². The van der Waals surface area contributed by atoms with Crippen molar-refractivity contribution >= 4 is 5.69 Å². The van der Waals surface area contributed by atoms with Gasteiger partial charge in [-0.25, -0.2) is 0 Å². The third kappa shape index (κ3) is 3.12. The molecular weight excluding hydrogens is 206 g/mol. The highest BCUT2D eigenvalue weighted by atomic mass is 14.9. The zero-order valence-electron chi connectivity index (χ0n) is 10.9. The van der Waals surface area contributed by atoms with E-state index >= 15 is 0 Å². The highest BCUT2D eigenvalue weighted by Gasteiger charge is 2.27. The summed E-state index contributed by atoms with van der Waals surface area (Å²) in [6.45, 7) is 8.64. The van der Waals surface area contributed by atoms with Crippen LogP contribution in [0.15, 0.2) is 42.5 Å². The molecular formula is C16H23N. The van der Waals surface area contributed by atoms with Crippen LogP contribution in [-0.2, 0) is 0 Å². The second kappa shape index (κ2) is 5.39. The molecule has 0 aromatic heterocycles. The van der Waals surface area contributed by atoms with Crippen molar-refractivity contribution in [3.8, 4) is 0 Å². The molecule has 2 unspecified atom stereocenters. The Bertz CT molecular complexity index is 368. The predicted octanol–water partition coefficient (Wildman–Crippen LogP) is 4.48. The van der Waals surface area contributed by atoms with Gasteiger partial charge in [-0.3, -0.25) is 0 Å². The Morgan fingerprint density at radius 3 is 2.59 bits per heavy atom. The van der Waals surface area contributed by atoms with Crippen molar-refractivity contribution in [3.63, 3.8) is 0 Å². The second-order valence-electron chi connectivity index (χ2n) is 5.45. The maximum absolute atomic E-state index is 4.12. The lowest BCUT2D eigenvalue weighted by atomic mass is 9.76. The first-order valence-electron chi connectivity index (χ1n) is 6.64. The summed E-state index contributed by atoms with van der Waals surface area (Å²) < 4.78 is 0. The van der Waals surface area contributed by atoms with E-state index in [2.05, 4.69) is 56.1 Å². The smallest absolute Gasteiger partial charge is 0.0342 e. The number of hydrogen-bond acceptors (Lipinski definition) is 1. The van der Waals surface area contributed by atoms with Crippen LogP contribution in [-0.4, -0.2) is 6.04 Å². The molecule has 1 N–H and O–H groups in total. The molecule has 1 saturated carbocycles. The van der Waals surface area contributed by atoms with E-state index in [0.29, 0.717) is 12.0 Å². The first kappa shape index (κ1) is 12.2. The summed E-state index contributed by atoms with van der Waals surface area (Å²) in [5, 5.41) is 3.67. The lowest BCUT2D eigenvalue weighted by molar-refractivity contribution is 0.292. The van der Waals surface area contributed by atoms with Gasteiger partial charge in [-0.15, -0.1) is 0 Å². The number of nitrogens with one attached hydrogen (secondary N) is 1.